The lowest BCUT2D eigenvalue weighted by Gasteiger charge is -2.30. The first-order valence-corrected chi connectivity index (χ1v) is 5.83. The predicted molar refractivity (Wildman–Crippen MR) is 64.2 cm³/mol. The molecule has 0 saturated carbocycles. The Hall–Kier alpha value is -2.05. The van der Waals surface area contributed by atoms with Gasteiger partial charge in [-0.15, -0.1) is 0 Å². The van der Waals surface area contributed by atoms with Crippen LogP contribution < -0.4 is 5.32 Å². The minimum atomic E-state index is -0.839. The van der Waals surface area contributed by atoms with E-state index in [1.54, 1.807) is 24.1 Å². The summed E-state index contributed by atoms with van der Waals surface area (Å²) >= 11 is 0. The summed E-state index contributed by atoms with van der Waals surface area (Å²) in [5.41, 5.74) is 0.611. The molecule has 2 N–H and O–H groups in total. The van der Waals surface area contributed by atoms with Crippen LogP contribution in [0.3, 0.4) is 0 Å². The third kappa shape index (κ3) is 2.79. The number of amides is 2. The maximum absolute atomic E-state index is 11.9. The van der Waals surface area contributed by atoms with E-state index in [4.69, 9.17) is 5.11 Å². The quantitative estimate of drug-likeness (QED) is 0.813. The second-order valence-corrected chi connectivity index (χ2v) is 4.46. The smallest absolute Gasteiger partial charge is 0.321 e. The molecule has 0 radical (unpaired) electrons. The van der Waals surface area contributed by atoms with Gasteiger partial charge in [-0.3, -0.25) is 9.48 Å². The van der Waals surface area contributed by atoms with Crippen molar-refractivity contribution < 1.29 is 14.7 Å². The molecule has 18 heavy (non-hydrogen) atoms. The van der Waals surface area contributed by atoms with Gasteiger partial charge in [0.15, 0.2) is 0 Å². The number of nitrogens with one attached hydrogen (secondary N) is 1. The van der Waals surface area contributed by atoms with Gasteiger partial charge >= 0.3 is 12.0 Å². The van der Waals surface area contributed by atoms with Crippen molar-refractivity contribution in [3.63, 3.8) is 0 Å². The number of hydrogen-bond donors (Lipinski definition) is 2. The fraction of sp³-hybridized carbons (Fsp3) is 0.545. The average molecular weight is 252 g/mol. The number of aryl methyl sites for hydroxylation is 1. The lowest BCUT2D eigenvalue weighted by atomic mass is 9.99. The van der Waals surface area contributed by atoms with E-state index in [0.717, 1.165) is 6.42 Å². The van der Waals surface area contributed by atoms with Crippen LogP contribution in [0.4, 0.5) is 10.5 Å². The van der Waals surface area contributed by atoms with Gasteiger partial charge in [0, 0.05) is 26.3 Å². The van der Waals surface area contributed by atoms with Crippen molar-refractivity contribution in [2.24, 2.45) is 13.0 Å². The largest absolute Gasteiger partial charge is 0.481 e. The Morgan fingerprint density at radius 1 is 1.56 bits per heavy atom. The van der Waals surface area contributed by atoms with Crippen LogP contribution in [0, 0.1) is 5.92 Å². The van der Waals surface area contributed by atoms with Crippen LogP contribution in [0.2, 0.25) is 0 Å². The fourth-order valence-electron chi connectivity index (χ4n) is 2.05. The van der Waals surface area contributed by atoms with Crippen molar-refractivity contribution >= 4 is 17.7 Å². The number of nitrogens with zero attached hydrogens (tertiary/aromatic N) is 3. The Bertz CT molecular complexity index is 457. The second kappa shape index (κ2) is 5.07. The van der Waals surface area contributed by atoms with E-state index in [-0.39, 0.29) is 12.6 Å². The number of carbonyl (C=O) groups is 2. The van der Waals surface area contributed by atoms with E-state index in [2.05, 4.69) is 10.4 Å². The normalized spacial score (nSPS) is 19.6. The summed E-state index contributed by atoms with van der Waals surface area (Å²) in [4.78, 5) is 24.4. The van der Waals surface area contributed by atoms with Crippen LogP contribution in [-0.2, 0) is 11.8 Å². The molecular weight excluding hydrogens is 236 g/mol. The highest BCUT2D eigenvalue weighted by Crippen LogP contribution is 2.17. The summed E-state index contributed by atoms with van der Waals surface area (Å²) in [6.07, 6.45) is 4.59. The van der Waals surface area contributed by atoms with Gasteiger partial charge in [-0.1, -0.05) is 0 Å². The number of piperidine rings is 1. The van der Waals surface area contributed by atoms with Crippen molar-refractivity contribution in [3.8, 4) is 0 Å². The third-order valence-corrected chi connectivity index (χ3v) is 3.01. The molecule has 0 spiro atoms. The molecule has 1 aromatic heterocycles. The molecule has 1 aliphatic rings. The Morgan fingerprint density at radius 3 is 2.94 bits per heavy atom. The van der Waals surface area contributed by atoms with E-state index in [0.29, 0.717) is 18.7 Å². The topological polar surface area (TPSA) is 87.5 Å². The maximum atomic E-state index is 11.9. The first-order chi connectivity index (χ1) is 8.56. The molecule has 1 aliphatic heterocycles. The number of carboxylic acid groups (broad SMARTS) is 1. The molecule has 1 saturated heterocycles. The van der Waals surface area contributed by atoms with Crippen LogP contribution in [0.15, 0.2) is 12.4 Å². The van der Waals surface area contributed by atoms with Crippen molar-refractivity contribution in [2.75, 3.05) is 18.4 Å². The minimum absolute atomic E-state index is 0.265. The summed E-state index contributed by atoms with van der Waals surface area (Å²) in [7, 11) is 1.76. The zero-order chi connectivity index (χ0) is 13.1. The zero-order valence-electron chi connectivity index (χ0n) is 10.2. The summed E-state index contributed by atoms with van der Waals surface area (Å²) in [6, 6.07) is -0.269. The molecule has 98 valence electrons. The lowest BCUT2D eigenvalue weighted by molar-refractivity contribution is -0.143. The molecule has 2 rings (SSSR count). The van der Waals surface area contributed by atoms with Gasteiger partial charge < -0.3 is 15.3 Å². The number of aliphatic carboxylic acids is 1. The number of carboxylic acids is 1. The van der Waals surface area contributed by atoms with Crippen LogP contribution in [0.5, 0.6) is 0 Å². The highest BCUT2D eigenvalue weighted by Gasteiger charge is 2.28. The molecule has 7 nitrogen and oxygen atoms in total. The molecule has 1 unspecified atom stereocenters. The number of rotatable bonds is 2. The van der Waals surface area contributed by atoms with Crippen LogP contribution in [0.25, 0.3) is 0 Å². The third-order valence-electron chi connectivity index (χ3n) is 3.01. The fourth-order valence-corrected chi connectivity index (χ4v) is 2.05. The highest BCUT2D eigenvalue weighted by molar-refractivity contribution is 5.89. The first kappa shape index (κ1) is 12.4. The van der Waals surface area contributed by atoms with Crippen molar-refractivity contribution in [3.05, 3.63) is 12.4 Å². The predicted octanol–water partition coefficient (Wildman–Crippen LogP) is 0.749. The highest BCUT2D eigenvalue weighted by atomic mass is 16.4. The van der Waals surface area contributed by atoms with Gasteiger partial charge in [0.1, 0.15) is 0 Å². The van der Waals surface area contributed by atoms with E-state index >= 15 is 0 Å². The van der Waals surface area contributed by atoms with Crippen molar-refractivity contribution in [1.82, 2.24) is 14.7 Å². The Kier molecular flexibility index (Phi) is 3.50. The summed E-state index contributed by atoms with van der Waals surface area (Å²) < 4.78 is 1.59. The molecule has 0 aliphatic carbocycles. The van der Waals surface area contributed by atoms with Gasteiger partial charge in [0.05, 0.1) is 17.8 Å². The SMILES string of the molecule is Cn1cc(NC(=O)N2CCCC(C(=O)O)C2)cn1. The van der Waals surface area contributed by atoms with Gasteiger partial charge in [-0.05, 0) is 12.8 Å². The van der Waals surface area contributed by atoms with Gasteiger partial charge in [0.25, 0.3) is 0 Å². The molecule has 0 aromatic carbocycles. The molecule has 2 heterocycles. The average Bonchev–Trinajstić information content (AvgIpc) is 2.75. The standard InChI is InChI=1S/C11H16N4O3/c1-14-7-9(5-12-14)13-11(18)15-4-2-3-8(6-15)10(16)17/h5,7-8H,2-4,6H2,1H3,(H,13,18)(H,16,17). The van der Waals surface area contributed by atoms with E-state index in [1.165, 1.54) is 4.90 Å². The van der Waals surface area contributed by atoms with Gasteiger partial charge in [-0.25, -0.2) is 4.79 Å². The molecule has 7 heteroatoms. The first-order valence-electron chi connectivity index (χ1n) is 5.83. The lowest BCUT2D eigenvalue weighted by Crippen LogP contribution is -2.44. The van der Waals surface area contributed by atoms with Gasteiger partial charge in [0.2, 0.25) is 0 Å². The van der Waals surface area contributed by atoms with Crippen LogP contribution in [0.1, 0.15) is 12.8 Å². The van der Waals surface area contributed by atoms with E-state index in [9.17, 15) is 9.59 Å². The molecular formula is C11H16N4O3. The molecule has 1 aromatic rings. The van der Waals surface area contributed by atoms with Gasteiger partial charge in [-0.2, -0.15) is 5.10 Å². The monoisotopic (exact) mass is 252 g/mol. The van der Waals surface area contributed by atoms with Crippen molar-refractivity contribution in [2.45, 2.75) is 12.8 Å². The maximum Gasteiger partial charge on any atom is 0.321 e. The number of carbonyl (C=O) groups excluding carboxylic acids is 1. The Labute approximate surface area is 104 Å². The number of hydrogen-bond acceptors (Lipinski definition) is 3. The summed E-state index contributed by atoms with van der Waals surface area (Å²) in [6.45, 7) is 0.858. The number of anilines is 1. The molecule has 1 fully saturated rings. The Balaban J connectivity index is 1.94. The van der Waals surface area contributed by atoms with E-state index < -0.39 is 11.9 Å². The molecule has 1 atom stereocenters. The summed E-state index contributed by atoms with van der Waals surface area (Å²) in [5, 5.41) is 15.6. The number of likely N-dealkylation sites (tertiary alicyclic amines) is 1. The van der Waals surface area contributed by atoms with Crippen molar-refractivity contribution in [1.29, 1.82) is 0 Å². The molecule has 2 amide bonds. The van der Waals surface area contributed by atoms with E-state index in [1.807, 2.05) is 0 Å². The van der Waals surface area contributed by atoms with Crippen LogP contribution >= 0.6 is 0 Å². The number of urea groups is 1. The molecule has 0 bridgehead atoms. The van der Waals surface area contributed by atoms with Crippen LogP contribution in [-0.4, -0.2) is 44.9 Å². The second-order valence-electron chi connectivity index (χ2n) is 4.46. The Morgan fingerprint density at radius 2 is 2.33 bits per heavy atom. The zero-order valence-corrected chi connectivity index (χ0v) is 10.2. The number of aromatic nitrogens is 2. The summed E-state index contributed by atoms with van der Waals surface area (Å²) in [5.74, 6) is -1.30. The minimum Gasteiger partial charge on any atom is -0.481 e.